The molecule has 0 aliphatic carbocycles. The van der Waals surface area contributed by atoms with E-state index in [1.807, 2.05) is 30.3 Å². The van der Waals surface area contributed by atoms with Gasteiger partial charge in [0.15, 0.2) is 0 Å². The van der Waals surface area contributed by atoms with E-state index in [2.05, 4.69) is 10.6 Å². The summed E-state index contributed by atoms with van der Waals surface area (Å²) in [6.45, 7) is 4.69. The van der Waals surface area contributed by atoms with E-state index >= 15 is 0 Å². The van der Waals surface area contributed by atoms with Crippen LogP contribution < -0.4 is 10.6 Å². The van der Waals surface area contributed by atoms with E-state index in [9.17, 15) is 31.5 Å². The maximum absolute atomic E-state index is 13.5. The predicted octanol–water partition coefficient (Wildman–Crippen LogP) is 3.44. The van der Waals surface area contributed by atoms with Crippen LogP contribution in [0.1, 0.15) is 37.8 Å². The summed E-state index contributed by atoms with van der Waals surface area (Å²) in [7, 11) is -4.23. The molecule has 210 valence electrons. The fourth-order valence-corrected chi connectivity index (χ4v) is 6.13. The highest BCUT2D eigenvalue weighted by Gasteiger charge is 2.34. The molecule has 2 aromatic rings. The zero-order chi connectivity index (χ0) is 27.9. The number of halogens is 3. The highest BCUT2D eigenvalue weighted by Crippen LogP contribution is 2.30. The lowest BCUT2D eigenvalue weighted by molar-refractivity contribution is -0.137. The van der Waals surface area contributed by atoms with Crippen LogP contribution in [-0.2, 0) is 27.4 Å². The van der Waals surface area contributed by atoms with Gasteiger partial charge in [0.1, 0.15) is 0 Å². The molecule has 38 heavy (non-hydrogen) atoms. The Morgan fingerprint density at radius 2 is 1.76 bits per heavy atom. The highest BCUT2D eigenvalue weighted by atomic mass is 32.2. The van der Waals surface area contributed by atoms with Crippen LogP contribution >= 0.6 is 0 Å². The van der Waals surface area contributed by atoms with Gasteiger partial charge in [-0.15, -0.1) is 0 Å². The van der Waals surface area contributed by atoms with Crippen LogP contribution in [0.3, 0.4) is 0 Å². The first-order valence-corrected chi connectivity index (χ1v) is 14.2. The Balaban J connectivity index is 1.84. The molecule has 11 heteroatoms. The van der Waals surface area contributed by atoms with E-state index < -0.39 is 33.9 Å². The molecule has 0 aromatic heterocycles. The van der Waals surface area contributed by atoms with Crippen LogP contribution in [0.2, 0.25) is 0 Å². The molecule has 0 radical (unpaired) electrons. The van der Waals surface area contributed by atoms with E-state index in [0.717, 1.165) is 53.5 Å². The quantitative estimate of drug-likeness (QED) is 0.395. The van der Waals surface area contributed by atoms with E-state index in [1.165, 1.54) is 0 Å². The number of aliphatic hydroxyl groups excluding tert-OH is 1. The number of alkyl halides is 3. The Labute approximate surface area is 222 Å². The van der Waals surface area contributed by atoms with Crippen molar-refractivity contribution < 1.29 is 31.5 Å². The predicted molar refractivity (Wildman–Crippen MR) is 139 cm³/mol. The molecule has 0 unspecified atom stereocenters. The molecule has 0 bridgehead atoms. The molecule has 2 aromatic carbocycles. The summed E-state index contributed by atoms with van der Waals surface area (Å²) in [5.41, 5.74) is -0.0886. The summed E-state index contributed by atoms with van der Waals surface area (Å²) in [6.07, 6.45) is -4.00. The number of aliphatic hydroxyl groups is 1. The van der Waals surface area contributed by atoms with Crippen LogP contribution in [0.4, 0.5) is 13.2 Å². The van der Waals surface area contributed by atoms with Crippen LogP contribution in [0.25, 0.3) is 0 Å². The van der Waals surface area contributed by atoms with Gasteiger partial charge in [0, 0.05) is 19.6 Å². The number of carbonyl (C=O) groups excluding carboxylic acids is 1. The normalized spacial score (nSPS) is 18.4. The Morgan fingerprint density at radius 3 is 2.32 bits per heavy atom. The van der Waals surface area contributed by atoms with Crippen molar-refractivity contribution in [2.45, 2.75) is 56.3 Å². The highest BCUT2D eigenvalue weighted by molar-refractivity contribution is 7.89. The van der Waals surface area contributed by atoms with E-state index in [4.69, 9.17) is 0 Å². The molecule has 0 saturated carbocycles. The summed E-state index contributed by atoms with van der Waals surface area (Å²) in [4.78, 5) is 12.7. The molecule has 1 heterocycles. The first kappa shape index (κ1) is 30.1. The van der Waals surface area contributed by atoms with Gasteiger partial charge in [0.25, 0.3) is 0 Å². The topological polar surface area (TPSA) is 98.7 Å². The van der Waals surface area contributed by atoms with Crippen molar-refractivity contribution in [2.24, 2.45) is 11.8 Å². The number of nitrogens with zero attached hydrogens (tertiary/aromatic N) is 1. The number of hydrogen-bond donors (Lipinski definition) is 3. The van der Waals surface area contributed by atoms with Gasteiger partial charge >= 0.3 is 6.18 Å². The van der Waals surface area contributed by atoms with Crippen LogP contribution in [0.5, 0.6) is 0 Å². The number of benzene rings is 2. The molecule has 3 atom stereocenters. The van der Waals surface area contributed by atoms with Gasteiger partial charge in [-0.25, -0.2) is 8.42 Å². The van der Waals surface area contributed by atoms with Crippen molar-refractivity contribution in [2.75, 3.05) is 26.2 Å². The van der Waals surface area contributed by atoms with Crippen molar-refractivity contribution in [1.82, 2.24) is 14.9 Å². The minimum atomic E-state index is -4.59. The summed E-state index contributed by atoms with van der Waals surface area (Å²) in [6, 6.07) is 11.8. The minimum absolute atomic E-state index is 0.0406. The second kappa shape index (κ2) is 13.1. The lowest BCUT2D eigenvalue weighted by atomic mass is 9.96. The number of rotatable bonds is 11. The molecule has 1 amide bonds. The first-order chi connectivity index (χ1) is 17.9. The number of hydrogen-bond acceptors (Lipinski definition) is 5. The van der Waals surface area contributed by atoms with Gasteiger partial charge in [-0.2, -0.15) is 17.5 Å². The summed E-state index contributed by atoms with van der Waals surface area (Å²) < 4.78 is 67.0. The molecular formula is C27H36F3N3O4S. The molecule has 1 saturated heterocycles. The SMILES string of the molecule is CC(C)CN(C[C@@H](O)[C@H](Cc1ccccc1)NC(=O)[C@H]1CCCNC1)S(=O)(=O)c1ccc(C(F)(F)F)cc1. The molecule has 3 N–H and O–H groups in total. The molecule has 1 aliphatic heterocycles. The standard InChI is InChI=1S/C27H36F3N3O4S/c1-19(2)17-33(38(36,37)23-12-10-22(11-13-23)27(28,29)30)18-25(34)24(15-20-7-4-3-5-8-20)32-26(35)21-9-6-14-31-16-21/h3-5,7-8,10-13,19,21,24-25,31,34H,6,9,14-18H2,1-2H3,(H,32,35)/t21-,24-,25+/m0/s1. The van der Waals surface area contributed by atoms with E-state index in [-0.39, 0.29) is 42.1 Å². The van der Waals surface area contributed by atoms with Crippen LogP contribution in [0, 0.1) is 11.8 Å². The van der Waals surface area contributed by atoms with Crippen molar-refractivity contribution in [3.8, 4) is 0 Å². The van der Waals surface area contributed by atoms with Gasteiger partial charge in [-0.3, -0.25) is 4.79 Å². The van der Waals surface area contributed by atoms with Crippen molar-refractivity contribution in [3.63, 3.8) is 0 Å². The Morgan fingerprint density at radius 1 is 1.11 bits per heavy atom. The monoisotopic (exact) mass is 555 g/mol. The van der Waals surface area contributed by atoms with Crippen molar-refractivity contribution in [3.05, 3.63) is 65.7 Å². The summed E-state index contributed by atoms with van der Waals surface area (Å²) >= 11 is 0. The number of piperidine rings is 1. The molecule has 3 rings (SSSR count). The minimum Gasteiger partial charge on any atom is -0.390 e. The average molecular weight is 556 g/mol. The summed E-state index contributed by atoms with van der Waals surface area (Å²) in [5, 5.41) is 17.4. The zero-order valence-corrected chi connectivity index (χ0v) is 22.4. The second-order valence-electron chi connectivity index (χ2n) is 10.2. The third-order valence-electron chi connectivity index (χ3n) is 6.54. The Hall–Kier alpha value is -2.47. The summed E-state index contributed by atoms with van der Waals surface area (Å²) in [5.74, 6) is -0.586. The van der Waals surface area contributed by atoms with E-state index in [1.54, 1.807) is 13.8 Å². The number of nitrogens with one attached hydrogen (secondary N) is 2. The molecule has 1 aliphatic rings. The van der Waals surface area contributed by atoms with Crippen molar-refractivity contribution in [1.29, 1.82) is 0 Å². The molecule has 0 spiro atoms. The Bertz CT molecular complexity index is 1140. The molecular weight excluding hydrogens is 519 g/mol. The maximum atomic E-state index is 13.5. The smallest absolute Gasteiger partial charge is 0.390 e. The largest absolute Gasteiger partial charge is 0.416 e. The van der Waals surface area contributed by atoms with Gasteiger partial charge in [-0.05, 0) is 61.6 Å². The van der Waals surface area contributed by atoms with Crippen LogP contribution in [-0.4, -0.2) is 62.1 Å². The molecule has 1 fully saturated rings. The van der Waals surface area contributed by atoms with Crippen LogP contribution in [0.15, 0.2) is 59.5 Å². The fourth-order valence-electron chi connectivity index (χ4n) is 4.51. The fraction of sp³-hybridized carbons (Fsp3) is 0.519. The molecule has 7 nitrogen and oxygen atoms in total. The number of amides is 1. The third-order valence-corrected chi connectivity index (χ3v) is 8.38. The van der Waals surface area contributed by atoms with E-state index in [0.29, 0.717) is 6.54 Å². The first-order valence-electron chi connectivity index (χ1n) is 12.8. The number of sulfonamides is 1. The van der Waals surface area contributed by atoms with Gasteiger partial charge in [0.2, 0.25) is 15.9 Å². The second-order valence-corrected chi connectivity index (χ2v) is 12.1. The van der Waals surface area contributed by atoms with Gasteiger partial charge < -0.3 is 15.7 Å². The Kier molecular flexibility index (Phi) is 10.3. The lowest BCUT2D eigenvalue weighted by Crippen LogP contribution is -2.53. The third kappa shape index (κ3) is 8.26. The lowest BCUT2D eigenvalue weighted by Gasteiger charge is -2.32. The zero-order valence-electron chi connectivity index (χ0n) is 21.6. The van der Waals surface area contributed by atoms with Gasteiger partial charge in [-0.1, -0.05) is 44.2 Å². The number of carbonyl (C=O) groups is 1. The maximum Gasteiger partial charge on any atom is 0.416 e. The van der Waals surface area contributed by atoms with Gasteiger partial charge in [0.05, 0.1) is 28.5 Å². The average Bonchev–Trinajstić information content (AvgIpc) is 2.88. The van der Waals surface area contributed by atoms with Crippen molar-refractivity contribution >= 4 is 15.9 Å².